The number of carbonyl (C=O) groups excluding carboxylic acids is 1. The van der Waals surface area contributed by atoms with Gasteiger partial charge in [0.2, 0.25) is 5.95 Å². The van der Waals surface area contributed by atoms with Gasteiger partial charge in [-0.2, -0.15) is 0 Å². The molecule has 0 spiro atoms. The van der Waals surface area contributed by atoms with Crippen molar-refractivity contribution in [3.8, 4) is 17.0 Å². The van der Waals surface area contributed by atoms with Crippen LogP contribution in [-0.4, -0.2) is 41.5 Å². The molecule has 110 valence electrons. The Kier molecular flexibility index (Phi) is 4.22. The van der Waals surface area contributed by atoms with Gasteiger partial charge >= 0.3 is 0 Å². The van der Waals surface area contributed by atoms with E-state index in [1.165, 1.54) is 4.90 Å². The Morgan fingerprint density at radius 1 is 1.29 bits per heavy atom. The lowest BCUT2D eigenvalue weighted by Gasteiger charge is -2.13. The number of amides is 1. The molecule has 0 unspecified atom stereocenters. The molecule has 0 saturated heterocycles. The van der Waals surface area contributed by atoms with Gasteiger partial charge in [0.15, 0.2) is 6.61 Å². The van der Waals surface area contributed by atoms with Crippen molar-refractivity contribution >= 4 is 17.5 Å². The average Bonchev–Trinajstić information content (AvgIpc) is 2.46. The highest BCUT2D eigenvalue weighted by Gasteiger charge is 2.09. The number of aromatic nitrogens is 2. The minimum Gasteiger partial charge on any atom is -0.482 e. The van der Waals surface area contributed by atoms with Gasteiger partial charge in [-0.05, 0) is 18.2 Å². The zero-order valence-corrected chi connectivity index (χ0v) is 11.9. The normalized spacial score (nSPS) is 10.2. The van der Waals surface area contributed by atoms with Crippen LogP contribution in [0.3, 0.4) is 0 Å². The third-order valence-electron chi connectivity index (χ3n) is 2.83. The third-order valence-corrected chi connectivity index (χ3v) is 2.83. The number of carbonyl (C=O) groups is 1. The minimum absolute atomic E-state index is 0.0768. The molecule has 7 heteroatoms. The predicted molar refractivity (Wildman–Crippen MR) is 80.5 cm³/mol. The molecule has 0 bridgehead atoms. The van der Waals surface area contributed by atoms with E-state index < -0.39 is 0 Å². The van der Waals surface area contributed by atoms with Crippen molar-refractivity contribution in [1.29, 1.82) is 0 Å². The number of benzene rings is 1. The van der Waals surface area contributed by atoms with E-state index in [0.29, 0.717) is 17.1 Å². The molecule has 1 aromatic carbocycles. The van der Waals surface area contributed by atoms with E-state index in [-0.39, 0.29) is 18.5 Å². The fourth-order valence-corrected chi connectivity index (χ4v) is 1.62. The number of ether oxygens (including phenoxy) is 1. The molecule has 1 heterocycles. The molecule has 0 aliphatic carbocycles. The van der Waals surface area contributed by atoms with E-state index in [1.807, 2.05) is 0 Å². The van der Waals surface area contributed by atoms with Crippen molar-refractivity contribution < 1.29 is 9.53 Å². The molecule has 0 saturated carbocycles. The molecule has 7 nitrogen and oxygen atoms in total. The molecular weight excluding hydrogens is 270 g/mol. The summed E-state index contributed by atoms with van der Waals surface area (Å²) in [4.78, 5) is 21.0. The van der Waals surface area contributed by atoms with Crippen molar-refractivity contribution in [1.82, 2.24) is 14.9 Å². The fraction of sp³-hybridized carbons (Fsp3) is 0.214. The maximum absolute atomic E-state index is 11.5. The summed E-state index contributed by atoms with van der Waals surface area (Å²) in [7, 11) is 3.32. The summed E-state index contributed by atoms with van der Waals surface area (Å²) in [5.74, 6) is 0.473. The first-order chi connectivity index (χ1) is 9.97. The number of nitrogens with zero attached hydrogens (tertiary/aromatic N) is 3. The van der Waals surface area contributed by atoms with Crippen LogP contribution in [0.15, 0.2) is 30.5 Å². The van der Waals surface area contributed by atoms with E-state index in [0.717, 1.165) is 5.56 Å². The van der Waals surface area contributed by atoms with Gasteiger partial charge in [0.25, 0.3) is 5.91 Å². The molecule has 0 fully saturated rings. The molecule has 21 heavy (non-hydrogen) atoms. The molecule has 0 aliphatic heterocycles. The van der Waals surface area contributed by atoms with Gasteiger partial charge in [0.1, 0.15) is 5.75 Å². The smallest absolute Gasteiger partial charge is 0.259 e. The van der Waals surface area contributed by atoms with Gasteiger partial charge in [-0.3, -0.25) is 4.79 Å². The van der Waals surface area contributed by atoms with Crippen molar-refractivity contribution in [2.45, 2.75) is 0 Å². The number of likely N-dealkylation sites (N-methyl/N-ethyl adjacent to an activating group) is 1. The average molecular weight is 287 g/mol. The maximum Gasteiger partial charge on any atom is 0.259 e. The zero-order chi connectivity index (χ0) is 15.4. The molecule has 4 N–H and O–H groups in total. The summed E-state index contributed by atoms with van der Waals surface area (Å²) in [6.45, 7) is -0.0768. The Morgan fingerprint density at radius 3 is 2.71 bits per heavy atom. The number of hydrogen-bond donors (Lipinski definition) is 2. The first-order valence-electron chi connectivity index (χ1n) is 6.28. The highest BCUT2D eigenvalue weighted by molar-refractivity contribution is 5.77. The van der Waals surface area contributed by atoms with Crippen LogP contribution < -0.4 is 16.2 Å². The molecule has 2 rings (SSSR count). The summed E-state index contributed by atoms with van der Waals surface area (Å²) in [5, 5.41) is 0. The Hall–Kier alpha value is -2.83. The van der Waals surface area contributed by atoms with E-state index in [9.17, 15) is 4.79 Å². The highest BCUT2D eigenvalue weighted by atomic mass is 16.5. The van der Waals surface area contributed by atoms with Crippen LogP contribution in [0, 0.1) is 0 Å². The SMILES string of the molecule is CN(C)C(=O)COc1cc(-c2ccnc(N)n2)ccc1N. The van der Waals surface area contributed by atoms with Gasteiger partial charge in [0, 0.05) is 25.9 Å². The van der Waals surface area contributed by atoms with Crippen LogP contribution >= 0.6 is 0 Å². The largest absolute Gasteiger partial charge is 0.482 e. The Morgan fingerprint density at radius 2 is 2.05 bits per heavy atom. The minimum atomic E-state index is -0.147. The lowest BCUT2D eigenvalue weighted by molar-refractivity contribution is -0.130. The number of nitrogen functional groups attached to an aromatic ring is 2. The van der Waals surface area contributed by atoms with E-state index in [2.05, 4.69) is 9.97 Å². The third kappa shape index (κ3) is 3.59. The summed E-state index contributed by atoms with van der Waals surface area (Å²) in [5.41, 5.74) is 13.3. The van der Waals surface area contributed by atoms with Crippen molar-refractivity contribution in [2.24, 2.45) is 0 Å². The van der Waals surface area contributed by atoms with Crippen molar-refractivity contribution in [2.75, 3.05) is 32.2 Å². The zero-order valence-electron chi connectivity index (χ0n) is 11.9. The highest BCUT2D eigenvalue weighted by Crippen LogP contribution is 2.28. The Balaban J connectivity index is 2.23. The van der Waals surface area contributed by atoms with Gasteiger partial charge < -0.3 is 21.1 Å². The molecule has 0 atom stereocenters. The van der Waals surface area contributed by atoms with Crippen LogP contribution in [0.2, 0.25) is 0 Å². The molecule has 0 aliphatic rings. The standard InChI is InChI=1S/C14H17N5O2/c1-19(2)13(20)8-21-12-7-9(3-4-10(12)15)11-5-6-17-14(16)18-11/h3-7H,8,15H2,1-2H3,(H2,16,17,18). The summed E-state index contributed by atoms with van der Waals surface area (Å²) in [6, 6.07) is 6.96. The van der Waals surface area contributed by atoms with E-state index in [4.69, 9.17) is 16.2 Å². The van der Waals surface area contributed by atoms with Crippen LogP contribution in [0.5, 0.6) is 5.75 Å². The molecule has 0 radical (unpaired) electrons. The molecule has 1 aromatic heterocycles. The number of nitrogens with two attached hydrogens (primary N) is 2. The second kappa shape index (κ2) is 6.08. The maximum atomic E-state index is 11.5. The molecule has 1 amide bonds. The molecule has 2 aromatic rings. The van der Waals surface area contributed by atoms with E-state index >= 15 is 0 Å². The summed E-state index contributed by atoms with van der Waals surface area (Å²) < 4.78 is 5.46. The van der Waals surface area contributed by atoms with Crippen LogP contribution in [0.4, 0.5) is 11.6 Å². The monoisotopic (exact) mass is 287 g/mol. The first kappa shape index (κ1) is 14.6. The van der Waals surface area contributed by atoms with Crippen LogP contribution in [0.1, 0.15) is 0 Å². The number of rotatable bonds is 4. The summed E-state index contributed by atoms with van der Waals surface area (Å²) >= 11 is 0. The van der Waals surface area contributed by atoms with Gasteiger partial charge in [-0.25, -0.2) is 9.97 Å². The predicted octanol–water partition coefficient (Wildman–Crippen LogP) is 0.775. The number of anilines is 2. The lowest BCUT2D eigenvalue weighted by Crippen LogP contribution is -2.27. The van der Waals surface area contributed by atoms with Gasteiger partial charge in [-0.1, -0.05) is 6.07 Å². The molecular formula is C14H17N5O2. The first-order valence-corrected chi connectivity index (χ1v) is 6.28. The topological polar surface area (TPSA) is 107 Å². The second-order valence-electron chi connectivity index (χ2n) is 4.63. The van der Waals surface area contributed by atoms with Gasteiger partial charge in [0.05, 0.1) is 11.4 Å². The van der Waals surface area contributed by atoms with Crippen LogP contribution in [-0.2, 0) is 4.79 Å². The lowest BCUT2D eigenvalue weighted by atomic mass is 10.1. The Labute approximate surface area is 122 Å². The quantitative estimate of drug-likeness (QED) is 0.804. The Bertz CT molecular complexity index is 658. The van der Waals surface area contributed by atoms with Crippen molar-refractivity contribution in [3.63, 3.8) is 0 Å². The van der Waals surface area contributed by atoms with Crippen LogP contribution in [0.25, 0.3) is 11.3 Å². The second-order valence-corrected chi connectivity index (χ2v) is 4.63. The fourth-order valence-electron chi connectivity index (χ4n) is 1.62. The van der Waals surface area contributed by atoms with E-state index in [1.54, 1.807) is 44.6 Å². The summed E-state index contributed by atoms with van der Waals surface area (Å²) in [6.07, 6.45) is 1.57. The van der Waals surface area contributed by atoms with Crippen molar-refractivity contribution in [3.05, 3.63) is 30.5 Å². The van der Waals surface area contributed by atoms with Gasteiger partial charge in [-0.15, -0.1) is 0 Å². The number of hydrogen-bond acceptors (Lipinski definition) is 6.